The van der Waals surface area contributed by atoms with Crippen molar-refractivity contribution in [2.75, 3.05) is 18.4 Å². The summed E-state index contributed by atoms with van der Waals surface area (Å²) < 4.78 is 0. The van der Waals surface area contributed by atoms with E-state index in [0.29, 0.717) is 11.6 Å². The SMILES string of the molecule is O=C(Nc1ccnnc1)N1CC(c2ccccc2)C2(CCC2)C1. The number of urea groups is 1. The van der Waals surface area contributed by atoms with Gasteiger partial charge in [-0.3, -0.25) is 0 Å². The van der Waals surface area contributed by atoms with Gasteiger partial charge in [0.15, 0.2) is 0 Å². The average molecular weight is 308 g/mol. The molecule has 2 aliphatic rings. The summed E-state index contributed by atoms with van der Waals surface area (Å²) in [5.74, 6) is 0.443. The minimum atomic E-state index is -0.0392. The number of likely N-dealkylation sites (tertiary alicyclic amines) is 1. The Morgan fingerprint density at radius 1 is 1.17 bits per heavy atom. The summed E-state index contributed by atoms with van der Waals surface area (Å²) in [5.41, 5.74) is 2.32. The lowest BCUT2D eigenvalue weighted by molar-refractivity contribution is 0.125. The fraction of sp³-hybridized carbons (Fsp3) is 0.389. The van der Waals surface area contributed by atoms with E-state index in [-0.39, 0.29) is 11.4 Å². The van der Waals surface area contributed by atoms with E-state index < -0.39 is 0 Å². The molecule has 2 amide bonds. The third kappa shape index (κ3) is 2.56. The predicted octanol–water partition coefficient (Wildman–Crippen LogP) is 3.28. The molecule has 1 unspecified atom stereocenters. The van der Waals surface area contributed by atoms with Gasteiger partial charge in [0.1, 0.15) is 0 Å². The van der Waals surface area contributed by atoms with E-state index in [4.69, 9.17) is 0 Å². The first kappa shape index (κ1) is 14.2. The van der Waals surface area contributed by atoms with Crippen LogP contribution in [0.15, 0.2) is 48.8 Å². The zero-order chi connectivity index (χ0) is 15.7. The van der Waals surface area contributed by atoms with Gasteiger partial charge in [-0.25, -0.2) is 4.79 Å². The van der Waals surface area contributed by atoms with E-state index in [9.17, 15) is 4.79 Å². The fourth-order valence-corrected chi connectivity index (χ4v) is 3.97. The van der Waals surface area contributed by atoms with Crippen LogP contribution in [0.2, 0.25) is 0 Å². The number of carbonyl (C=O) groups is 1. The number of anilines is 1. The first-order valence-corrected chi connectivity index (χ1v) is 8.14. The quantitative estimate of drug-likeness (QED) is 0.926. The molecule has 0 bridgehead atoms. The van der Waals surface area contributed by atoms with Gasteiger partial charge in [0.2, 0.25) is 0 Å². The van der Waals surface area contributed by atoms with Crippen molar-refractivity contribution >= 4 is 11.7 Å². The standard InChI is InChI=1S/C18H20N4O/c23-17(21-15-7-10-19-20-11-15)22-12-16(14-5-2-1-3-6-14)18(13-22)8-4-9-18/h1-3,5-7,10-11,16H,4,8-9,12-13H2,(H,19,21,23). The van der Waals surface area contributed by atoms with Crippen molar-refractivity contribution in [1.29, 1.82) is 0 Å². The molecule has 4 rings (SSSR count). The normalized spacial score (nSPS) is 21.9. The third-order valence-electron chi connectivity index (χ3n) is 5.32. The lowest BCUT2D eigenvalue weighted by Gasteiger charge is -2.43. The molecule has 5 heteroatoms. The Morgan fingerprint density at radius 2 is 2.00 bits per heavy atom. The highest BCUT2D eigenvalue weighted by atomic mass is 16.2. The molecule has 2 fully saturated rings. The van der Waals surface area contributed by atoms with Gasteiger partial charge in [0.05, 0.1) is 18.1 Å². The molecule has 2 aromatic rings. The maximum Gasteiger partial charge on any atom is 0.321 e. The lowest BCUT2D eigenvalue weighted by Crippen LogP contribution is -2.39. The molecule has 1 spiro atoms. The van der Waals surface area contributed by atoms with Crippen molar-refractivity contribution in [3.8, 4) is 0 Å². The Labute approximate surface area is 135 Å². The van der Waals surface area contributed by atoms with E-state index in [1.807, 2.05) is 11.0 Å². The fourth-order valence-electron chi connectivity index (χ4n) is 3.97. The highest BCUT2D eigenvalue weighted by molar-refractivity contribution is 5.89. The van der Waals surface area contributed by atoms with Crippen molar-refractivity contribution in [2.45, 2.75) is 25.2 Å². The monoisotopic (exact) mass is 308 g/mol. The van der Waals surface area contributed by atoms with Crippen LogP contribution in [0.5, 0.6) is 0 Å². The molecule has 1 aromatic heterocycles. The summed E-state index contributed by atoms with van der Waals surface area (Å²) in [4.78, 5) is 14.5. The molecular weight excluding hydrogens is 288 g/mol. The average Bonchev–Trinajstić information content (AvgIpc) is 2.98. The van der Waals surface area contributed by atoms with Gasteiger partial charge in [-0.15, -0.1) is 0 Å². The topological polar surface area (TPSA) is 58.1 Å². The number of benzene rings is 1. The smallest absolute Gasteiger partial charge is 0.321 e. The number of hydrogen-bond acceptors (Lipinski definition) is 3. The molecular formula is C18H20N4O. The van der Waals surface area contributed by atoms with E-state index in [0.717, 1.165) is 13.1 Å². The molecule has 23 heavy (non-hydrogen) atoms. The third-order valence-corrected chi connectivity index (χ3v) is 5.32. The number of aromatic nitrogens is 2. The molecule has 5 nitrogen and oxygen atoms in total. The zero-order valence-corrected chi connectivity index (χ0v) is 13.0. The summed E-state index contributed by atoms with van der Waals surface area (Å²) >= 11 is 0. The molecule has 1 aromatic carbocycles. The highest BCUT2D eigenvalue weighted by Gasteiger charge is 2.51. The van der Waals surface area contributed by atoms with Gasteiger partial charge in [0, 0.05) is 19.0 Å². The van der Waals surface area contributed by atoms with Gasteiger partial charge in [-0.05, 0) is 29.9 Å². The van der Waals surface area contributed by atoms with Crippen molar-refractivity contribution in [3.63, 3.8) is 0 Å². The Balaban J connectivity index is 1.52. The lowest BCUT2D eigenvalue weighted by atomic mass is 9.61. The zero-order valence-electron chi connectivity index (χ0n) is 13.0. The molecule has 1 atom stereocenters. The van der Waals surface area contributed by atoms with Crippen molar-refractivity contribution in [2.24, 2.45) is 5.41 Å². The molecule has 1 aliphatic carbocycles. The molecule has 0 radical (unpaired) electrons. The second kappa shape index (κ2) is 5.65. The first-order chi connectivity index (χ1) is 11.3. The number of amides is 2. The minimum absolute atomic E-state index is 0.0392. The second-order valence-corrected chi connectivity index (χ2v) is 6.62. The van der Waals surface area contributed by atoms with Crippen LogP contribution in [0.4, 0.5) is 10.5 Å². The summed E-state index contributed by atoms with van der Waals surface area (Å²) in [5, 5.41) is 10.5. The van der Waals surface area contributed by atoms with Crippen molar-refractivity contribution in [1.82, 2.24) is 15.1 Å². The van der Waals surface area contributed by atoms with Gasteiger partial charge < -0.3 is 10.2 Å². The number of rotatable bonds is 2. The number of carbonyl (C=O) groups excluding carboxylic acids is 1. The van der Waals surface area contributed by atoms with Crippen LogP contribution in [0, 0.1) is 5.41 Å². The maximum atomic E-state index is 12.6. The van der Waals surface area contributed by atoms with Crippen molar-refractivity contribution in [3.05, 3.63) is 54.4 Å². The molecule has 1 saturated heterocycles. The van der Waals surface area contributed by atoms with Crippen LogP contribution in [-0.2, 0) is 0 Å². The largest absolute Gasteiger partial charge is 0.323 e. The number of nitrogens with one attached hydrogen (secondary N) is 1. The molecule has 1 saturated carbocycles. The van der Waals surface area contributed by atoms with E-state index in [1.54, 1.807) is 18.5 Å². The van der Waals surface area contributed by atoms with Crippen LogP contribution in [0.25, 0.3) is 0 Å². The van der Waals surface area contributed by atoms with Crippen LogP contribution in [0.3, 0.4) is 0 Å². The molecule has 1 aliphatic heterocycles. The van der Waals surface area contributed by atoms with Gasteiger partial charge in [0.25, 0.3) is 0 Å². The van der Waals surface area contributed by atoms with Gasteiger partial charge in [-0.2, -0.15) is 10.2 Å². The van der Waals surface area contributed by atoms with Crippen LogP contribution < -0.4 is 5.32 Å². The second-order valence-electron chi connectivity index (χ2n) is 6.62. The van der Waals surface area contributed by atoms with E-state index in [2.05, 4.69) is 39.8 Å². The van der Waals surface area contributed by atoms with E-state index >= 15 is 0 Å². The minimum Gasteiger partial charge on any atom is -0.323 e. The Bertz CT molecular complexity index is 685. The van der Waals surface area contributed by atoms with Crippen LogP contribution in [-0.4, -0.2) is 34.2 Å². The predicted molar refractivity (Wildman–Crippen MR) is 88.1 cm³/mol. The Hall–Kier alpha value is -2.43. The van der Waals surface area contributed by atoms with Crippen LogP contribution in [0.1, 0.15) is 30.7 Å². The summed E-state index contributed by atoms with van der Waals surface area (Å²) in [6, 6.07) is 12.3. The highest BCUT2D eigenvalue weighted by Crippen LogP contribution is 2.55. The Morgan fingerprint density at radius 3 is 2.65 bits per heavy atom. The molecule has 2 heterocycles. The van der Waals surface area contributed by atoms with E-state index in [1.165, 1.54) is 24.8 Å². The maximum absolute atomic E-state index is 12.6. The summed E-state index contributed by atoms with van der Waals surface area (Å²) in [7, 11) is 0. The Kier molecular flexibility index (Phi) is 3.48. The van der Waals surface area contributed by atoms with Gasteiger partial charge in [-0.1, -0.05) is 36.8 Å². The number of hydrogen-bond donors (Lipinski definition) is 1. The number of nitrogens with zero attached hydrogens (tertiary/aromatic N) is 3. The molecule has 118 valence electrons. The van der Waals surface area contributed by atoms with Crippen molar-refractivity contribution < 1.29 is 4.79 Å². The summed E-state index contributed by atoms with van der Waals surface area (Å²) in [6.45, 7) is 1.63. The molecule has 1 N–H and O–H groups in total. The van der Waals surface area contributed by atoms with Gasteiger partial charge >= 0.3 is 6.03 Å². The summed E-state index contributed by atoms with van der Waals surface area (Å²) in [6.07, 6.45) is 6.86. The van der Waals surface area contributed by atoms with Crippen LogP contribution >= 0.6 is 0 Å². The first-order valence-electron chi connectivity index (χ1n) is 8.14.